The Kier molecular flexibility index (Phi) is 7.64. The van der Waals surface area contributed by atoms with Crippen molar-refractivity contribution < 1.29 is 18.7 Å². The summed E-state index contributed by atoms with van der Waals surface area (Å²) in [7, 11) is 0. The lowest BCUT2D eigenvalue weighted by atomic mass is 9.85. The van der Waals surface area contributed by atoms with Crippen molar-refractivity contribution in [3.05, 3.63) is 53.5 Å². The van der Waals surface area contributed by atoms with Crippen molar-refractivity contribution in [1.29, 1.82) is 0 Å². The Morgan fingerprint density at radius 1 is 1.11 bits per heavy atom. The highest BCUT2D eigenvalue weighted by Crippen LogP contribution is 2.33. The number of nitrogens with two attached hydrogens (primary N) is 1. The maximum absolute atomic E-state index is 13.3. The van der Waals surface area contributed by atoms with Crippen molar-refractivity contribution in [2.24, 2.45) is 16.6 Å². The van der Waals surface area contributed by atoms with Crippen LogP contribution in [0.2, 0.25) is 0 Å². The average Bonchev–Trinajstić information content (AvgIpc) is 3.26. The highest BCUT2D eigenvalue weighted by Gasteiger charge is 2.27. The van der Waals surface area contributed by atoms with Gasteiger partial charge in [-0.1, -0.05) is 6.42 Å². The summed E-state index contributed by atoms with van der Waals surface area (Å²) in [5, 5.41) is 0. The number of imidazole rings is 1. The number of H-pyrrole nitrogens is 1. The molecule has 3 aromatic rings. The minimum atomic E-state index is -0.475. The third-order valence-electron chi connectivity index (χ3n) is 7.46. The third kappa shape index (κ3) is 5.90. The molecule has 9 nitrogen and oxygen atoms in total. The van der Waals surface area contributed by atoms with E-state index in [0.29, 0.717) is 36.5 Å². The number of aromatic nitrogens is 3. The fourth-order valence-corrected chi connectivity index (χ4v) is 5.38. The molecule has 196 valence electrons. The molecule has 10 heteroatoms. The van der Waals surface area contributed by atoms with Crippen LogP contribution in [0.1, 0.15) is 61.3 Å². The molecule has 0 atom stereocenters. The number of ether oxygens (including phenoxy) is 1. The standard InChI is InChI=1S/C27H33FN6O3/c28-20-8-4-19(5-9-20)26(36)32-27-31-22-17-30-24(37-15-14-33-12-2-1-3-13-33)16-23(22)34(27)21-10-6-18(7-11-21)25(29)35/h4-5,8-9,16-18,21H,1-3,6-7,10-15H2,(H2,29,35)(H,31,32,36)/t18-,21-. The molecule has 5 rings (SSSR count). The van der Waals surface area contributed by atoms with Crippen LogP contribution < -0.4 is 16.1 Å². The van der Waals surface area contributed by atoms with Crippen LogP contribution in [0.3, 0.4) is 0 Å². The van der Waals surface area contributed by atoms with E-state index in [9.17, 15) is 14.0 Å². The molecule has 2 amide bonds. The molecule has 0 spiro atoms. The number of primary amides is 1. The molecule has 1 saturated heterocycles. The number of likely N-dealkylation sites (tertiary alicyclic amines) is 1. The van der Waals surface area contributed by atoms with E-state index in [4.69, 9.17) is 10.5 Å². The van der Waals surface area contributed by atoms with E-state index in [1.54, 1.807) is 6.20 Å². The van der Waals surface area contributed by atoms with Crippen LogP contribution in [0.4, 0.5) is 4.39 Å². The summed E-state index contributed by atoms with van der Waals surface area (Å²) in [6.07, 6.45) is 8.26. The second-order valence-corrected chi connectivity index (χ2v) is 9.94. The molecule has 0 bridgehead atoms. The first kappa shape index (κ1) is 25.1. The molecule has 37 heavy (non-hydrogen) atoms. The van der Waals surface area contributed by atoms with Gasteiger partial charge in [0.05, 0.1) is 17.2 Å². The number of halogens is 1. The number of carbonyl (C=O) groups excluding carboxylic acids is 2. The smallest absolute Gasteiger partial charge is 0.280 e. The molecule has 3 N–H and O–H groups in total. The highest BCUT2D eigenvalue weighted by molar-refractivity contribution is 5.94. The molecule has 3 heterocycles. The fourth-order valence-electron chi connectivity index (χ4n) is 5.38. The van der Waals surface area contributed by atoms with Gasteiger partial charge in [0.25, 0.3) is 5.91 Å². The van der Waals surface area contributed by atoms with E-state index in [1.807, 2.05) is 10.6 Å². The molecule has 1 aliphatic carbocycles. The maximum Gasteiger partial charge on any atom is 0.280 e. The number of rotatable bonds is 7. The summed E-state index contributed by atoms with van der Waals surface area (Å²) < 4.78 is 21.3. The molecular weight excluding hydrogens is 475 g/mol. The predicted octanol–water partition coefficient (Wildman–Crippen LogP) is 3.33. The molecule has 2 aromatic heterocycles. The maximum atomic E-state index is 13.3. The summed E-state index contributed by atoms with van der Waals surface area (Å²) in [5.41, 5.74) is 7.78. The zero-order valence-corrected chi connectivity index (χ0v) is 20.9. The molecular formula is C27H33FN6O3. The zero-order valence-electron chi connectivity index (χ0n) is 20.9. The van der Waals surface area contributed by atoms with Crippen LogP contribution in [0.15, 0.2) is 41.5 Å². The first-order chi connectivity index (χ1) is 18.0. The summed E-state index contributed by atoms with van der Waals surface area (Å²) >= 11 is 0. The normalized spacial score (nSPS) is 21.3. The van der Waals surface area contributed by atoms with Crippen LogP contribution in [0, 0.1) is 11.7 Å². The molecule has 0 unspecified atom stereocenters. The number of carbonyl (C=O) groups is 2. The number of nitrogens with zero attached hydrogens (tertiary/aromatic N) is 4. The summed E-state index contributed by atoms with van der Waals surface area (Å²) in [5.74, 6) is -0.787. The number of amides is 2. The quantitative estimate of drug-likeness (QED) is 0.508. The summed E-state index contributed by atoms with van der Waals surface area (Å²) in [6.45, 7) is 3.62. The number of hydrogen-bond donors (Lipinski definition) is 2. The second kappa shape index (κ2) is 11.2. The van der Waals surface area contributed by atoms with Gasteiger partial charge in [-0.2, -0.15) is 4.99 Å². The largest absolute Gasteiger partial charge is 0.476 e. The number of nitrogens with one attached hydrogen (secondary N) is 1. The molecule has 2 aliphatic rings. The number of benzene rings is 1. The molecule has 1 aliphatic heterocycles. The predicted molar refractivity (Wildman–Crippen MR) is 136 cm³/mol. The van der Waals surface area contributed by atoms with Crippen molar-refractivity contribution in [2.75, 3.05) is 26.2 Å². The lowest BCUT2D eigenvalue weighted by Crippen LogP contribution is -2.33. The van der Waals surface area contributed by atoms with Crippen LogP contribution in [-0.4, -0.2) is 57.5 Å². The summed E-state index contributed by atoms with van der Waals surface area (Å²) in [4.78, 5) is 39.1. The minimum absolute atomic E-state index is 0.0210. The monoisotopic (exact) mass is 508 g/mol. The summed E-state index contributed by atoms with van der Waals surface area (Å²) in [6, 6.07) is 7.22. The molecule has 1 saturated carbocycles. The van der Waals surface area contributed by atoms with Gasteiger partial charge in [-0.3, -0.25) is 14.5 Å². The second-order valence-electron chi connectivity index (χ2n) is 9.94. The molecule has 0 radical (unpaired) electrons. The topological polar surface area (TPSA) is 119 Å². The van der Waals surface area contributed by atoms with Crippen molar-refractivity contribution in [3.63, 3.8) is 0 Å². The van der Waals surface area contributed by atoms with Gasteiger partial charge in [-0.05, 0) is 75.9 Å². The minimum Gasteiger partial charge on any atom is -0.476 e. The Morgan fingerprint density at radius 3 is 2.54 bits per heavy atom. The van der Waals surface area contributed by atoms with Gasteiger partial charge in [-0.15, -0.1) is 0 Å². The zero-order chi connectivity index (χ0) is 25.8. The first-order valence-corrected chi connectivity index (χ1v) is 13.1. The molecule has 1 aromatic carbocycles. The Bertz CT molecular complexity index is 1320. The Morgan fingerprint density at radius 2 is 1.84 bits per heavy atom. The van der Waals surface area contributed by atoms with Gasteiger partial charge < -0.3 is 20.0 Å². The number of aromatic amines is 1. The van der Waals surface area contributed by atoms with Gasteiger partial charge in [-0.25, -0.2) is 9.37 Å². The number of piperidine rings is 1. The lowest BCUT2D eigenvalue weighted by molar-refractivity contribution is -0.122. The van der Waals surface area contributed by atoms with E-state index < -0.39 is 11.7 Å². The number of pyridine rings is 1. The van der Waals surface area contributed by atoms with Crippen LogP contribution in [-0.2, 0) is 4.79 Å². The van der Waals surface area contributed by atoms with Gasteiger partial charge in [0, 0.05) is 30.1 Å². The molecule has 2 fully saturated rings. The van der Waals surface area contributed by atoms with Crippen molar-refractivity contribution in [2.45, 2.75) is 51.0 Å². The van der Waals surface area contributed by atoms with Gasteiger partial charge in [0.2, 0.25) is 17.4 Å². The Balaban J connectivity index is 1.44. The Labute approximate surface area is 214 Å². The average molecular weight is 509 g/mol. The van der Waals surface area contributed by atoms with Gasteiger partial charge in [0.15, 0.2) is 0 Å². The van der Waals surface area contributed by atoms with Crippen molar-refractivity contribution in [1.82, 2.24) is 19.4 Å². The van der Waals surface area contributed by atoms with E-state index in [1.165, 1.54) is 43.5 Å². The third-order valence-corrected chi connectivity index (χ3v) is 7.46. The van der Waals surface area contributed by atoms with E-state index >= 15 is 0 Å². The van der Waals surface area contributed by atoms with Crippen LogP contribution >= 0.6 is 0 Å². The van der Waals surface area contributed by atoms with E-state index in [0.717, 1.165) is 43.5 Å². The lowest BCUT2D eigenvalue weighted by Gasteiger charge is -2.28. The van der Waals surface area contributed by atoms with Crippen LogP contribution in [0.5, 0.6) is 5.88 Å². The Hall–Kier alpha value is -3.53. The number of fused-ring (bicyclic) bond motifs is 1. The van der Waals surface area contributed by atoms with Gasteiger partial charge >= 0.3 is 0 Å². The van der Waals surface area contributed by atoms with Gasteiger partial charge in [0.1, 0.15) is 12.4 Å². The SMILES string of the molecule is NC(=O)[C@H]1CC[C@H](n2/c(=N/C(=O)c3ccc(F)cc3)[nH]c3cnc(OCCN4CCCCC4)cc32)CC1. The highest BCUT2D eigenvalue weighted by atomic mass is 19.1. The van der Waals surface area contributed by atoms with Crippen LogP contribution in [0.25, 0.3) is 11.0 Å². The number of hydrogen-bond acceptors (Lipinski definition) is 5. The van der Waals surface area contributed by atoms with Crippen molar-refractivity contribution >= 4 is 22.8 Å². The van der Waals surface area contributed by atoms with E-state index in [-0.39, 0.29) is 17.9 Å². The van der Waals surface area contributed by atoms with Crippen molar-refractivity contribution in [3.8, 4) is 5.88 Å². The fraction of sp³-hybridized carbons (Fsp3) is 0.481. The first-order valence-electron chi connectivity index (χ1n) is 13.1. The van der Waals surface area contributed by atoms with E-state index in [2.05, 4.69) is 19.9 Å².